The summed E-state index contributed by atoms with van der Waals surface area (Å²) in [4.78, 5) is 12.0. The van der Waals surface area contributed by atoms with Crippen molar-refractivity contribution in [3.8, 4) is 0 Å². The van der Waals surface area contributed by atoms with Gasteiger partial charge in [-0.05, 0) is 35.7 Å². The maximum Gasteiger partial charge on any atom is 0.228 e. The second-order valence-electron chi connectivity index (χ2n) is 4.68. The number of nitrogens with two attached hydrogens (primary N) is 1. The average molecular weight is 272 g/mol. The van der Waals surface area contributed by atoms with Gasteiger partial charge in [0.15, 0.2) is 0 Å². The highest BCUT2D eigenvalue weighted by atomic mass is 19.1. The summed E-state index contributed by atoms with van der Waals surface area (Å²) in [5, 5.41) is 2.58. The van der Waals surface area contributed by atoms with Gasteiger partial charge in [0.25, 0.3) is 0 Å². The van der Waals surface area contributed by atoms with E-state index in [1.165, 1.54) is 6.07 Å². The SMILES string of the molecule is Cc1ccc(NC(=O)Cc2ccccc2CN)c(F)c1. The molecule has 0 saturated carbocycles. The van der Waals surface area contributed by atoms with Crippen molar-refractivity contribution in [2.24, 2.45) is 5.73 Å². The van der Waals surface area contributed by atoms with Crippen LogP contribution in [0.5, 0.6) is 0 Å². The molecule has 0 spiro atoms. The minimum atomic E-state index is -0.425. The topological polar surface area (TPSA) is 55.1 Å². The summed E-state index contributed by atoms with van der Waals surface area (Å²) in [6.07, 6.45) is 0.181. The Morgan fingerprint density at radius 1 is 1.20 bits per heavy atom. The zero-order chi connectivity index (χ0) is 14.5. The molecule has 0 aliphatic carbocycles. The standard InChI is InChI=1S/C16H17FN2O/c1-11-6-7-15(14(17)8-11)19-16(20)9-12-4-2-3-5-13(12)10-18/h2-8H,9-10,18H2,1H3,(H,19,20). The zero-order valence-corrected chi connectivity index (χ0v) is 11.3. The Morgan fingerprint density at radius 2 is 1.90 bits per heavy atom. The lowest BCUT2D eigenvalue weighted by molar-refractivity contribution is -0.115. The lowest BCUT2D eigenvalue weighted by atomic mass is 10.0. The van der Waals surface area contributed by atoms with Crippen LogP contribution in [0.1, 0.15) is 16.7 Å². The quantitative estimate of drug-likeness (QED) is 0.899. The van der Waals surface area contributed by atoms with Gasteiger partial charge in [0, 0.05) is 6.54 Å². The Hall–Kier alpha value is -2.20. The van der Waals surface area contributed by atoms with Crippen LogP contribution in [0.15, 0.2) is 42.5 Å². The van der Waals surface area contributed by atoms with E-state index < -0.39 is 5.82 Å². The zero-order valence-electron chi connectivity index (χ0n) is 11.3. The van der Waals surface area contributed by atoms with Gasteiger partial charge in [-0.25, -0.2) is 4.39 Å². The Balaban J connectivity index is 2.09. The number of hydrogen-bond donors (Lipinski definition) is 2. The van der Waals surface area contributed by atoms with Crippen molar-refractivity contribution in [1.82, 2.24) is 0 Å². The molecule has 0 unspecified atom stereocenters. The van der Waals surface area contributed by atoms with E-state index in [0.29, 0.717) is 6.54 Å². The van der Waals surface area contributed by atoms with E-state index in [0.717, 1.165) is 16.7 Å². The fraction of sp³-hybridized carbons (Fsp3) is 0.188. The predicted octanol–water partition coefficient (Wildman–Crippen LogP) is 2.77. The average Bonchev–Trinajstić information content (AvgIpc) is 2.42. The molecule has 1 amide bonds. The van der Waals surface area contributed by atoms with E-state index in [-0.39, 0.29) is 18.0 Å². The van der Waals surface area contributed by atoms with Gasteiger partial charge in [0.2, 0.25) is 5.91 Å². The lowest BCUT2D eigenvalue weighted by Crippen LogP contribution is -2.17. The Bertz CT molecular complexity index is 626. The van der Waals surface area contributed by atoms with E-state index in [9.17, 15) is 9.18 Å². The van der Waals surface area contributed by atoms with Crippen LogP contribution >= 0.6 is 0 Å². The van der Waals surface area contributed by atoms with E-state index in [4.69, 9.17) is 5.73 Å². The summed E-state index contributed by atoms with van der Waals surface area (Å²) >= 11 is 0. The first-order valence-electron chi connectivity index (χ1n) is 6.43. The fourth-order valence-corrected chi connectivity index (χ4v) is 2.02. The second kappa shape index (κ2) is 6.30. The van der Waals surface area contributed by atoms with Crippen molar-refractivity contribution in [3.05, 3.63) is 65.0 Å². The Kier molecular flexibility index (Phi) is 4.48. The molecule has 0 bridgehead atoms. The number of carbonyl (C=O) groups excluding carboxylic acids is 1. The van der Waals surface area contributed by atoms with Crippen LogP contribution in [0, 0.1) is 12.7 Å². The number of anilines is 1. The van der Waals surface area contributed by atoms with Crippen LogP contribution in [0.3, 0.4) is 0 Å². The van der Waals surface area contributed by atoms with Gasteiger partial charge in [-0.3, -0.25) is 4.79 Å². The number of amides is 1. The highest BCUT2D eigenvalue weighted by Crippen LogP contribution is 2.16. The number of nitrogens with one attached hydrogen (secondary N) is 1. The molecule has 104 valence electrons. The molecule has 0 aliphatic rings. The summed E-state index contributed by atoms with van der Waals surface area (Å²) in [7, 11) is 0. The fourth-order valence-electron chi connectivity index (χ4n) is 2.02. The molecule has 2 aromatic rings. The molecule has 0 fully saturated rings. The van der Waals surface area contributed by atoms with Crippen LogP contribution in [-0.2, 0) is 17.8 Å². The van der Waals surface area contributed by atoms with Crippen molar-refractivity contribution in [3.63, 3.8) is 0 Å². The normalized spacial score (nSPS) is 10.3. The van der Waals surface area contributed by atoms with E-state index >= 15 is 0 Å². The molecule has 3 N–H and O–H groups in total. The molecule has 2 rings (SSSR count). The largest absolute Gasteiger partial charge is 0.326 e. The van der Waals surface area contributed by atoms with Crippen molar-refractivity contribution >= 4 is 11.6 Å². The first-order chi connectivity index (χ1) is 9.60. The van der Waals surface area contributed by atoms with Crippen LogP contribution in [0.4, 0.5) is 10.1 Å². The Morgan fingerprint density at radius 3 is 2.55 bits per heavy atom. The van der Waals surface area contributed by atoms with E-state index in [1.54, 1.807) is 19.1 Å². The number of halogens is 1. The first-order valence-corrected chi connectivity index (χ1v) is 6.43. The van der Waals surface area contributed by atoms with Crippen LogP contribution < -0.4 is 11.1 Å². The number of aryl methyl sites for hydroxylation is 1. The molecule has 0 atom stereocenters. The molecule has 0 radical (unpaired) electrons. The van der Waals surface area contributed by atoms with E-state index in [1.807, 2.05) is 24.3 Å². The van der Waals surface area contributed by atoms with Crippen LogP contribution in [-0.4, -0.2) is 5.91 Å². The van der Waals surface area contributed by atoms with Gasteiger partial charge in [-0.1, -0.05) is 30.3 Å². The first kappa shape index (κ1) is 14.2. The molecule has 0 saturated heterocycles. The molecule has 0 heterocycles. The van der Waals surface area contributed by atoms with Gasteiger partial charge < -0.3 is 11.1 Å². The van der Waals surface area contributed by atoms with Crippen LogP contribution in [0.25, 0.3) is 0 Å². The molecule has 4 heteroatoms. The van der Waals surface area contributed by atoms with E-state index in [2.05, 4.69) is 5.32 Å². The molecule has 0 aliphatic heterocycles. The molecular formula is C16H17FN2O. The van der Waals surface area contributed by atoms with Gasteiger partial charge in [0.05, 0.1) is 12.1 Å². The maximum atomic E-state index is 13.7. The second-order valence-corrected chi connectivity index (χ2v) is 4.68. The van der Waals surface area contributed by atoms with Crippen LogP contribution in [0.2, 0.25) is 0 Å². The van der Waals surface area contributed by atoms with Crippen molar-refractivity contribution < 1.29 is 9.18 Å². The third kappa shape index (κ3) is 3.42. The minimum Gasteiger partial charge on any atom is -0.326 e. The maximum absolute atomic E-state index is 13.7. The van der Waals surface area contributed by atoms with Gasteiger partial charge in [-0.15, -0.1) is 0 Å². The van der Waals surface area contributed by atoms with Crippen molar-refractivity contribution in [2.75, 3.05) is 5.32 Å². The summed E-state index contributed by atoms with van der Waals surface area (Å²) < 4.78 is 13.7. The van der Waals surface area contributed by atoms with Gasteiger partial charge in [0.1, 0.15) is 5.82 Å². The van der Waals surface area contributed by atoms with Gasteiger partial charge >= 0.3 is 0 Å². The number of benzene rings is 2. The summed E-state index contributed by atoms with van der Waals surface area (Å²) in [6.45, 7) is 2.18. The third-order valence-electron chi connectivity index (χ3n) is 3.09. The number of carbonyl (C=O) groups is 1. The minimum absolute atomic E-state index is 0.181. The summed E-state index contributed by atoms with van der Waals surface area (Å²) in [6, 6.07) is 12.2. The predicted molar refractivity (Wildman–Crippen MR) is 77.8 cm³/mol. The number of hydrogen-bond acceptors (Lipinski definition) is 2. The molecule has 2 aromatic carbocycles. The summed E-state index contributed by atoms with van der Waals surface area (Å²) in [5.74, 6) is -0.681. The van der Waals surface area contributed by atoms with Gasteiger partial charge in [-0.2, -0.15) is 0 Å². The smallest absolute Gasteiger partial charge is 0.228 e. The third-order valence-corrected chi connectivity index (χ3v) is 3.09. The molecular weight excluding hydrogens is 255 g/mol. The molecule has 0 aromatic heterocycles. The Labute approximate surface area is 117 Å². The highest BCUT2D eigenvalue weighted by Gasteiger charge is 2.09. The highest BCUT2D eigenvalue weighted by molar-refractivity contribution is 5.92. The summed E-state index contributed by atoms with van der Waals surface area (Å²) in [5.41, 5.74) is 8.43. The van der Waals surface area contributed by atoms with Crippen molar-refractivity contribution in [1.29, 1.82) is 0 Å². The van der Waals surface area contributed by atoms with Crippen molar-refractivity contribution in [2.45, 2.75) is 19.9 Å². The molecule has 3 nitrogen and oxygen atoms in total. The molecule has 20 heavy (non-hydrogen) atoms. The monoisotopic (exact) mass is 272 g/mol. The lowest BCUT2D eigenvalue weighted by Gasteiger charge is -2.09. The number of rotatable bonds is 4.